The molecule has 5 nitrogen and oxygen atoms in total. The van der Waals surface area contributed by atoms with E-state index < -0.39 is 11.6 Å². The zero-order valence-corrected chi connectivity index (χ0v) is 17.3. The summed E-state index contributed by atoms with van der Waals surface area (Å²) in [6, 6.07) is 3.77. The summed E-state index contributed by atoms with van der Waals surface area (Å²) in [5.74, 6) is -1.95. The van der Waals surface area contributed by atoms with E-state index in [2.05, 4.69) is 18.9 Å². The largest absolute Gasteiger partial charge is 0.378 e. The molecule has 7 heteroatoms. The first kappa shape index (κ1) is 20.0. The van der Waals surface area contributed by atoms with Crippen molar-refractivity contribution in [1.82, 2.24) is 14.7 Å². The van der Waals surface area contributed by atoms with Crippen molar-refractivity contribution < 1.29 is 18.3 Å². The van der Waals surface area contributed by atoms with Crippen molar-refractivity contribution in [3.63, 3.8) is 0 Å². The molecule has 1 saturated carbocycles. The highest BCUT2D eigenvalue weighted by Gasteiger charge is 2.52. The Morgan fingerprint density at radius 1 is 1.31 bits per heavy atom. The van der Waals surface area contributed by atoms with Gasteiger partial charge in [0, 0.05) is 42.4 Å². The zero-order chi connectivity index (χ0) is 20.9. The molecule has 0 bridgehead atoms. The first-order valence-electron chi connectivity index (χ1n) is 10.2. The highest BCUT2D eigenvalue weighted by atomic mass is 19.2. The smallest absolute Gasteiger partial charge is 0.274 e. The number of nitrogens with zero attached hydrogens (tertiary/aromatic N) is 3. The van der Waals surface area contributed by atoms with E-state index in [1.165, 1.54) is 6.07 Å². The van der Waals surface area contributed by atoms with Crippen molar-refractivity contribution in [2.75, 3.05) is 13.7 Å². The second-order valence-corrected chi connectivity index (χ2v) is 8.57. The maximum atomic E-state index is 13.8. The number of aromatic nitrogens is 2. The number of halogens is 2. The highest BCUT2D eigenvalue weighted by Crippen LogP contribution is 2.46. The average molecular weight is 403 g/mol. The second kappa shape index (κ2) is 7.20. The summed E-state index contributed by atoms with van der Waals surface area (Å²) in [6.07, 6.45) is 3.39. The van der Waals surface area contributed by atoms with E-state index in [0.29, 0.717) is 18.0 Å². The Balaban J connectivity index is 1.64. The molecule has 0 spiro atoms. The molecule has 1 amide bonds. The second-order valence-electron chi connectivity index (χ2n) is 8.57. The number of hydrogen-bond donors (Lipinski definition) is 0. The first-order chi connectivity index (χ1) is 13.8. The van der Waals surface area contributed by atoms with E-state index in [1.54, 1.807) is 9.58 Å². The van der Waals surface area contributed by atoms with Crippen LogP contribution in [0.1, 0.15) is 55.4 Å². The molecule has 0 aliphatic heterocycles. The summed E-state index contributed by atoms with van der Waals surface area (Å²) in [5.41, 5.74) is 2.55. The Bertz CT molecular complexity index is 954. The maximum Gasteiger partial charge on any atom is 0.274 e. The standard InChI is InChI=1S/C22H27F2N3O2/c1-5-29-19-12-18(22(19,2)3)26(4)21(28)20-14-7-6-8-17(14)27(25-20)13-9-10-15(23)16(24)11-13/h9-11,18-19H,5-8,12H2,1-4H3/t18-,19+/m0/s1. The molecule has 1 fully saturated rings. The number of ether oxygens (including phenoxy) is 1. The van der Waals surface area contributed by atoms with Crippen LogP contribution in [0, 0.1) is 17.0 Å². The third-order valence-electron chi connectivity index (χ3n) is 6.56. The van der Waals surface area contributed by atoms with Gasteiger partial charge in [-0.05, 0) is 44.7 Å². The lowest BCUT2D eigenvalue weighted by Gasteiger charge is -2.54. The molecule has 2 aromatic rings. The predicted molar refractivity (Wildman–Crippen MR) is 105 cm³/mol. The summed E-state index contributed by atoms with van der Waals surface area (Å²) in [6.45, 7) is 6.88. The minimum Gasteiger partial charge on any atom is -0.378 e. The van der Waals surface area contributed by atoms with Gasteiger partial charge in [0.15, 0.2) is 17.3 Å². The molecule has 2 aliphatic carbocycles. The molecule has 1 aromatic carbocycles. The fourth-order valence-electron chi connectivity index (χ4n) is 4.75. The molecule has 4 rings (SSSR count). The van der Waals surface area contributed by atoms with Crippen molar-refractivity contribution in [2.45, 2.75) is 58.6 Å². The number of rotatable bonds is 5. The van der Waals surface area contributed by atoms with Gasteiger partial charge < -0.3 is 9.64 Å². The number of fused-ring (bicyclic) bond motifs is 1. The van der Waals surface area contributed by atoms with E-state index in [9.17, 15) is 13.6 Å². The van der Waals surface area contributed by atoms with Gasteiger partial charge in [-0.15, -0.1) is 0 Å². The minimum absolute atomic E-state index is 0.0667. The van der Waals surface area contributed by atoms with Crippen LogP contribution in [0.4, 0.5) is 8.78 Å². The van der Waals surface area contributed by atoms with Crippen LogP contribution in [0.3, 0.4) is 0 Å². The topological polar surface area (TPSA) is 47.4 Å². The summed E-state index contributed by atoms with van der Waals surface area (Å²) in [7, 11) is 1.81. The van der Waals surface area contributed by atoms with Crippen LogP contribution in [0.5, 0.6) is 0 Å². The Labute approximate surface area is 169 Å². The van der Waals surface area contributed by atoms with Crippen molar-refractivity contribution in [1.29, 1.82) is 0 Å². The zero-order valence-electron chi connectivity index (χ0n) is 17.3. The number of benzene rings is 1. The molecule has 0 unspecified atom stereocenters. The lowest BCUT2D eigenvalue weighted by molar-refractivity contribution is -0.136. The molecule has 1 heterocycles. The summed E-state index contributed by atoms with van der Waals surface area (Å²) in [5, 5.41) is 4.54. The number of carbonyl (C=O) groups is 1. The Hall–Kier alpha value is -2.28. The van der Waals surface area contributed by atoms with E-state index in [4.69, 9.17) is 4.74 Å². The Morgan fingerprint density at radius 2 is 2.07 bits per heavy atom. The van der Waals surface area contributed by atoms with Crippen LogP contribution < -0.4 is 0 Å². The van der Waals surface area contributed by atoms with Gasteiger partial charge >= 0.3 is 0 Å². The van der Waals surface area contributed by atoms with Crippen molar-refractivity contribution in [3.05, 3.63) is 46.8 Å². The van der Waals surface area contributed by atoms with Gasteiger partial charge in [0.25, 0.3) is 5.91 Å². The number of hydrogen-bond acceptors (Lipinski definition) is 3. The molecular formula is C22H27F2N3O2. The fraction of sp³-hybridized carbons (Fsp3) is 0.545. The predicted octanol–water partition coefficient (Wildman–Crippen LogP) is 3.91. The maximum absolute atomic E-state index is 13.8. The van der Waals surface area contributed by atoms with Crippen LogP contribution in [0.2, 0.25) is 0 Å². The molecule has 1 aromatic heterocycles. The van der Waals surface area contributed by atoms with Gasteiger partial charge in [-0.25, -0.2) is 13.5 Å². The molecule has 156 valence electrons. The molecule has 0 radical (unpaired) electrons. The Morgan fingerprint density at radius 3 is 2.72 bits per heavy atom. The molecular weight excluding hydrogens is 376 g/mol. The van der Waals surface area contributed by atoms with Crippen LogP contribution in [0.15, 0.2) is 18.2 Å². The first-order valence-corrected chi connectivity index (χ1v) is 10.2. The summed E-state index contributed by atoms with van der Waals surface area (Å²) < 4.78 is 34.5. The summed E-state index contributed by atoms with van der Waals surface area (Å²) in [4.78, 5) is 15.1. The molecule has 0 saturated heterocycles. The quantitative estimate of drug-likeness (QED) is 0.760. The van der Waals surface area contributed by atoms with Crippen LogP contribution in [-0.4, -0.2) is 46.4 Å². The van der Waals surface area contributed by atoms with Gasteiger partial charge in [0.1, 0.15) is 0 Å². The van der Waals surface area contributed by atoms with Crippen LogP contribution in [-0.2, 0) is 17.6 Å². The fourth-order valence-corrected chi connectivity index (χ4v) is 4.75. The molecule has 2 atom stereocenters. The minimum atomic E-state index is -0.923. The SMILES string of the molecule is CCO[C@@H]1C[C@H](N(C)C(=O)c2nn(-c3ccc(F)c(F)c3)c3c2CCC3)C1(C)C. The summed E-state index contributed by atoms with van der Waals surface area (Å²) >= 11 is 0. The van der Waals surface area contributed by atoms with E-state index in [1.807, 2.05) is 14.0 Å². The van der Waals surface area contributed by atoms with E-state index in [-0.39, 0.29) is 23.5 Å². The van der Waals surface area contributed by atoms with Crippen LogP contribution in [0.25, 0.3) is 5.69 Å². The monoisotopic (exact) mass is 403 g/mol. The van der Waals surface area contributed by atoms with Gasteiger partial charge in [-0.2, -0.15) is 5.10 Å². The lowest BCUT2D eigenvalue weighted by Crippen LogP contribution is -2.62. The number of amides is 1. The third kappa shape index (κ3) is 3.16. The van der Waals surface area contributed by atoms with Crippen LogP contribution >= 0.6 is 0 Å². The Kier molecular flexibility index (Phi) is 4.97. The third-order valence-corrected chi connectivity index (χ3v) is 6.56. The van der Waals surface area contributed by atoms with Crippen molar-refractivity contribution >= 4 is 5.91 Å². The van der Waals surface area contributed by atoms with Gasteiger partial charge in [0.05, 0.1) is 11.8 Å². The normalized spacial score (nSPS) is 22.3. The average Bonchev–Trinajstić information content (AvgIpc) is 3.29. The van der Waals surface area contributed by atoms with Gasteiger partial charge in [-0.1, -0.05) is 13.8 Å². The van der Waals surface area contributed by atoms with Gasteiger partial charge in [0.2, 0.25) is 0 Å². The van der Waals surface area contributed by atoms with E-state index in [0.717, 1.165) is 49.1 Å². The van der Waals surface area contributed by atoms with Crippen molar-refractivity contribution in [3.8, 4) is 5.69 Å². The lowest BCUT2D eigenvalue weighted by atomic mass is 9.63. The van der Waals surface area contributed by atoms with E-state index >= 15 is 0 Å². The molecule has 29 heavy (non-hydrogen) atoms. The number of carbonyl (C=O) groups excluding carboxylic acids is 1. The van der Waals surface area contributed by atoms with Crippen molar-refractivity contribution in [2.24, 2.45) is 5.41 Å². The highest BCUT2D eigenvalue weighted by molar-refractivity contribution is 5.94. The molecule has 0 N–H and O–H groups in total. The molecule has 2 aliphatic rings. The van der Waals surface area contributed by atoms with Gasteiger partial charge in [-0.3, -0.25) is 4.79 Å².